The lowest BCUT2D eigenvalue weighted by atomic mass is 10.0. The number of carbonyl (C=O) groups is 9. The molecule has 2 fully saturated rings. The number of methoxy groups -OCH3 is 1. The fourth-order valence-electron chi connectivity index (χ4n) is 10.7. The highest BCUT2D eigenvalue weighted by Crippen LogP contribution is 2.33. The molecule has 31 heteroatoms. The summed E-state index contributed by atoms with van der Waals surface area (Å²) in [5.41, 5.74) is 0.857. The zero-order chi connectivity index (χ0) is 77.3. The van der Waals surface area contributed by atoms with Crippen LogP contribution in [0.2, 0.25) is 0 Å². The van der Waals surface area contributed by atoms with Crippen molar-refractivity contribution in [3.05, 3.63) is 72.4 Å². The van der Waals surface area contributed by atoms with Gasteiger partial charge in [0.1, 0.15) is 25.9 Å². The number of unbranched alkanes of at least 4 members (excludes halogenated alkanes) is 7. The minimum absolute atomic E-state index is 0.0395. The van der Waals surface area contributed by atoms with Crippen molar-refractivity contribution in [2.45, 2.75) is 172 Å². The summed E-state index contributed by atoms with van der Waals surface area (Å²) in [6.45, 7) is 8.38. The number of carbonyl (C=O) groups excluding carboxylic acids is 8. The van der Waals surface area contributed by atoms with Crippen molar-refractivity contribution in [2.24, 2.45) is 0 Å². The van der Waals surface area contributed by atoms with Gasteiger partial charge < -0.3 is 105 Å². The van der Waals surface area contributed by atoms with Gasteiger partial charge in [-0.25, -0.2) is 4.79 Å². The molecule has 0 aromatic heterocycles. The highest BCUT2D eigenvalue weighted by molar-refractivity contribution is 8.00. The highest BCUT2D eigenvalue weighted by atomic mass is 32.2. The summed E-state index contributed by atoms with van der Waals surface area (Å²) in [6, 6.07) is 4.00. The zero-order valence-corrected chi connectivity index (χ0v) is 64.2. The maximum absolute atomic E-state index is 13.4. The van der Waals surface area contributed by atoms with E-state index in [2.05, 4.69) is 98.1 Å². The number of ether oxygens (including phenoxy) is 10. The highest BCUT2D eigenvalue weighted by Gasteiger charge is 2.42. The summed E-state index contributed by atoms with van der Waals surface area (Å²) in [4.78, 5) is 112. The van der Waals surface area contributed by atoms with Crippen LogP contribution in [0.25, 0.3) is 0 Å². The Morgan fingerprint density at radius 1 is 0.533 bits per heavy atom. The molecule has 0 aliphatic carbocycles. The van der Waals surface area contributed by atoms with Gasteiger partial charge in [0.05, 0.1) is 112 Å². The number of carboxylic acids is 1. The third kappa shape index (κ3) is 51.7. The first-order valence-corrected chi connectivity index (χ1v) is 39.2. The van der Waals surface area contributed by atoms with E-state index in [1.54, 1.807) is 30.0 Å². The molecule has 1 aromatic carbocycles. The van der Waals surface area contributed by atoms with Crippen LogP contribution < -0.4 is 47.3 Å². The smallest absolute Gasteiger partial charge is 0.315 e. The third-order valence-electron chi connectivity index (χ3n) is 16.4. The average molecular weight is 1530 g/mol. The van der Waals surface area contributed by atoms with E-state index in [-0.39, 0.29) is 170 Å². The molecule has 4 atom stereocenters. The molecule has 2 heterocycles. The number of amides is 9. The van der Waals surface area contributed by atoms with Gasteiger partial charge in [-0.3, -0.25) is 38.4 Å². The number of phenolic OH excluding ortho intramolecular Hbond substituents is 1. The number of carboxylic acid groups (broad SMARTS) is 1. The molecular formula is C76H125N9O21S. The zero-order valence-electron chi connectivity index (χ0n) is 63.4. The van der Waals surface area contributed by atoms with Crippen LogP contribution in [0.3, 0.4) is 0 Å². The normalized spacial score (nSPS) is 15.0. The van der Waals surface area contributed by atoms with Crippen molar-refractivity contribution in [3.8, 4) is 11.5 Å². The number of allylic oxidation sites excluding steroid dienone is 8. The van der Waals surface area contributed by atoms with Crippen molar-refractivity contribution >= 4 is 65.1 Å². The standard InChI is InChI=1S/C76H125N9O21S/c1-3-4-5-6-7-8-9-10-11-12-13-14-15-16-17-18-21-30-72(92)85(56-61-31-32-64(86)65(54-61)97-2)38-24-19-20-28-67(87)78-35-41-100-48-52-105-58-70(90)80-37-43-102-50-53-106-59-71(91)79-36-42-101-49-51-104-57-69(89)77-33-25-39-98-44-46-103-47-45-99-40-26-34-81-75(95)62(55-73(93)94)82-68(88)29-23-22-27-66-74-63(60-107-66)83-76(96)84-74/h7-8,10-11,13-14,16-17,31-32,54,62-63,66,74,86H,3-6,9,12,15,18-30,33-53,55-60H2,1-2H3,(H,77,89)(H,78,87)(H,79,91)(H,80,90)(H,81,95)(H,82,88)(H,93,94)(H2,83,84,96)/b8-7-,11-10-,14-13-,17-16-/t62-,63-,66-,74-/m0/s1. The summed E-state index contributed by atoms with van der Waals surface area (Å²) in [5, 5.41) is 41.7. The van der Waals surface area contributed by atoms with Crippen LogP contribution in [0.15, 0.2) is 66.8 Å². The average Bonchev–Trinajstić information content (AvgIpc) is 1.62. The lowest BCUT2D eigenvalue weighted by Gasteiger charge is -2.23. The quantitative estimate of drug-likeness (QED) is 0.0214. The van der Waals surface area contributed by atoms with E-state index in [1.807, 2.05) is 4.90 Å². The summed E-state index contributed by atoms with van der Waals surface area (Å²) < 4.78 is 54.4. The second-order valence-electron chi connectivity index (χ2n) is 25.4. The number of nitrogens with one attached hydrogen (secondary N) is 8. The SMILES string of the molecule is CCCCC/C=C\C/C=C\C/C=C\C/C=C\CCCC(=O)N(CCCCCC(=O)NCCOCCOCC(=O)NCCOCCOCC(=O)NCCOCCOCC(=O)NCCCOCCOCCOCCCNC(=O)[C@H](CC(=O)O)NC(=O)CCCC[C@@H]1SC[C@@H]2NC(=O)N[C@@H]21)Cc1ccc(O)c(OC)c1. The number of aromatic hydroxyl groups is 1. The lowest BCUT2D eigenvalue weighted by Crippen LogP contribution is -2.48. The molecule has 0 saturated carbocycles. The predicted octanol–water partition coefficient (Wildman–Crippen LogP) is 5.63. The molecule has 0 radical (unpaired) electrons. The maximum Gasteiger partial charge on any atom is 0.315 e. The van der Waals surface area contributed by atoms with Crippen LogP contribution in [0, 0.1) is 0 Å². The molecule has 0 unspecified atom stereocenters. The number of phenols is 1. The number of aliphatic carboxylic acids is 1. The Kier molecular flexibility index (Phi) is 56.9. The van der Waals surface area contributed by atoms with E-state index in [9.17, 15) is 53.4 Å². The van der Waals surface area contributed by atoms with E-state index in [0.29, 0.717) is 110 Å². The molecular weight excluding hydrogens is 1410 g/mol. The Morgan fingerprint density at radius 3 is 1.59 bits per heavy atom. The van der Waals surface area contributed by atoms with Gasteiger partial charge in [0.2, 0.25) is 41.4 Å². The van der Waals surface area contributed by atoms with Crippen LogP contribution >= 0.6 is 11.8 Å². The first-order valence-electron chi connectivity index (χ1n) is 38.2. The van der Waals surface area contributed by atoms with Crippen LogP contribution in [-0.4, -0.2) is 263 Å². The monoisotopic (exact) mass is 1530 g/mol. The van der Waals surface area contributed by atoms with Crippen molar-refractivity contribution < 1.29 is 101 Å². The molecule has 2 saturated heterocycles. The molecule has 1 aromatic rings. The van der Waals surface area contributed by atoms with Gasteiger partial charge in [-0.1, -0.05) is 87.3 Å². The number of rotatable bonds is 70. The molecule has 2 aliphatic heterocycles. The van der Waals surface area contributed by atoms with Crippen LogP contribution in [0.1, 0.15) is 147 Å². The third-order valence-corrected chi connectivity index (χ3v) is 18.0. The molecule has 606 valence electrons. The lowest BCUT2D eigenvalue weighted by molar-refractivity contribution is -0.140. The minimum Gasteiger partial charge on any atom is -0.504 e. The van der Waals surface area contributed by atoms with E-state index >= 15 is 0 Å². The summed E-state index contributed by atoms with van der Waals surface area (Å²) in [5.74, 6) is -1.85. The van der Waals surface area contributed by atoms with Gasteiger partial charge in [0.25, 0.3) is 0 Å². The van der Waals surface area contributed by atoms with Gasteiger partial charge in [-0.05, 0) is 101 Å². The second-order valence-corrected chi connectivity index (χ2v) is 26.7. The number of thioether (sulfide) groups is 1. The van der Waals surface area contributed by atoms with E-state index in [4.69, 9.17) is 47.4 Å². The summed E-state index contributed by atoms with van der Waals surface area (Å²) in [7, 11) is 1.49. The number of benzene rings is 1. The summed E-state index contributed by atoms with van der Waals surface area (Å²) in [6.07, 6.45) is 32.6. The fourth-order valence-corrected chi connectivity index (χ4v) is 12.3. The molecule has 10 N–H and O–H groups in total. The van der Waals surface area contributed by atoms with Gasteiger partial charge in [-0.15, -0.1) is 0 Å². The van der Waals surface area contributed by atoms with Gasteiger partial charge in [0.15, 0.2) is 11.5 Å². The fraction of sp³-hybridized carbons (Fsp3) is 0.697. The van der Waals surface area contributed by atoms with Gasteiger partial charge in [-0.2, -0.15) is 11.8 Å². The first kappa shape index (κ1) is 94.0. The van der Waals surface area contributed by atoms with E-state index < -0.39 is 24.3 Å². The second kappa shape index (κ2) is 64.8. The first-order chi connectivity index (χ1) is 52.2. The van der Waals surface area contributed by atoms with E-state index in [0.717, 1.165) is 75.5 Å². The molecule has 30 nitrogen and oxygen atoms in total. The molecule has 0 spiro atoms. The van der Waals surface area contributed by atoms with Gasteiger partial charge >= 0.3 is 12.0 Å². The van der Waals surface area contributed by atoms with Gasteiger partial charge in [0, 0.05) is 89.3 Å². The number of urea groups is 1. The Morgan fingerprint density at radius 2 is 1.03 bits per heavy atom. The van der Waals surface area contributed by atoms with Crippen LogP contribution in [0.4, 0.5) is 4.79 Å². The topological polar surface area (TPSA) is 386 Å². The molecule has 107 heavy (non-hydrogen) atoms. The predicted molar refractivity (Wildman–Crippen MR) is 407 cm³/mol. The minimum atomic E-state index is -1.20. The van der Waals surface area contributed by atoms with Crippen molar-refractivity contribution in [1.82, 2.24) is 47.4 Å². The van der Waals surface area contributed by atoms with Crippen molar-refractivity contribution in [3.63, 3.8) is 0 Å². The largest absolute Gasteiger partial charge is 0.504 e. The molecule has 3 rings (SSSR count). The summed E-state index contributed by atoms with van der Waals surface area (Å²) >= 11 is 1.80. The molecule has 0 bridgehead atoms. The van der Waals surface area contributed by atoms with Crippen LogP contribution in [-0.2, 0) is 87.5 Å². The Bertz CT molecular complexity index is 2750. The number of hydrogen-bond donors (Lipinski definition) is 10. The Balaban J connectivity index is 1.02. The van der Waals surface area contributed by atoms with Crippen LogP contribution in [0.5, 0.6) is 11.5 Å². The number of nitrogens with zero attached hydrogens (tertiary/aromatic N) is 1. The maximum atomic E-state index is 13.4. The van der Waals surface area contributed by atoms with E-state index in [1.165, 1.54) is 26.4 Å². The molecule has 2 aliphatic rings. The van der Waals surface area contributed by atoms with Crippen molar-refractivity contribution in [1.29, 1.82) is 0 Å². The Hall–Kier alpha value is -7.20. The Labute approximate surface area is 637 Å². The number of fused-ring (bicyclic) bond motifs is 1. The molecule has 9 amide bonds. The number of hydrogen-bond acceptors (Lipinski definition) is 21. The van der Waals surface area contributed by atoms with Crippen molar-refractivity contribution in [2.75, 3.05) is 171 Å².